The van der Waals surface area contributed by atoms with Crippen LogP contribution in [0, 0.1) is 0 Å². The molecule has 0 amide bonds. The highest BCUT2D eigenvalue weighted by Gasteiger charge is 2.09. The van der Waals surface area contributed by atoms with Gasteiger partial charge in [0.15, 0.2) is 0 Å². The molecule has 1 heterocycles. The van der Waals surface area contributed by atoms with Gasteiger partial charge in [-0.3, -0.25) is 0 Å². The van der Waals surface area contributed by atoms with Gasteiger partial charge in [-0.1, -0.05) is 24.6 Å². The van der Waals surface area contributed by atoms with Gasteiger partial charge >= 0.3 is 0 Å². The summed E-state index contributed by atoms with van der Waals surface area (Å²) >= 11 is 6.36. The monoisotopic (exact) mass is 292 g/mol. The predicted molar refractivity (Wildman–Crippen MR) is 84.3 cm³/mol. The fourth-order valence-electron chi connectivity index (χ4n) is 2.11. The van der Waals surface area contributed by atoms with Crippen LogP contribution in [0.2, 0.25) is 5.02 Å². The van der Waals surface area contributed by atoms with Crippen molar-refractivity contribution in [3.63, 3.8) is 0 Å². The van der Waals surface area contributed by atoms with Crippen LogP contribution in [-0.4, -0.2) is 13.1 Å². The first-order chi connectivity index (χ1) is 9.74. The first-order valence-corrected chi connectivity index (χ1v) is 7.38. The third-order valence-corrected chi connectivity index (χ3v) is 3.63. The lowest BCUT2D eigenvalue weighted by atomic mass is 10.2. The van der Waals surface area contributed by atoms with E-state index in [1.807, 2.05) is 18.2 Å². The molecule has 1 aromatic carbocycles. The Kier molecular flexibility index (Phi) is 5.50. The molecule has 3 nitrogen and oxygen atoms in total. The Bertz CT molecular complexity index is 525. The average Bonchev–Trinajstić information content (AvgIpc) is 2.96. The Morgan fingerprint density at radius 3 is 2.70 bits per heavy atom. The second kappa shape index (κ2) is 7.36. The molecular formula is C16H21ClN2O. The van der Waals surface area contributed by atoms with E-state index in [9.17, 15) is 0 Å². The highest BCUT2D eigenvalue weighted by Crippen LogP contribution is 2.25. The van der Waals surface area contributed by atoms with Crippen molar-refractivity contribution in [1.82, 2.24) is 5.32 Å². The van der Waals surface area contributed by atoms with Gasteiger partial charge in [0.2, 0.25) is 0 Å². The van der Waals surface area contributed by atoms with E-state index in [0.29, 0.717) is 0 Å². The number of nitrogens with zero attached hydrogens (tertiary/aromatic N) is 1. The van der Waals surface area contributed by atoms with E-state index in [4.69, 9.17) is 16.0 Å². The van der Waals surface area contributed by atoms with Crippen LogP contribution in [0.1, 0.15) is 25.2 Å². The molecule has 0 aliphatic heterocycles. The fraction of sp³-hybridized carbons (Fsp3) is 0.375. The molecule has 20 heavy (non-hydrogen) atoms. The minimum atomic E-state index is 0.756. The summed E-state index contributed by atoms with van der Waals surface area (Å²) in [7, 11) is 0. The van der Waals surface area contributed by atoms with Gasteiger partial charge in [-0.25, -0.2) is 0 Å². The van der Waals surface area contributed by atoms with Crippen molar-refractivity contribution in [1.29, 1.82) is 0 Å². The Balaban J connectivity index is 2.11. The number of rotatable bonds is 7. The summed E-state index contributed by atoms with van der Waals surface area (Å²) in [5.41, 5.74) is 2.25. The summed E-state index contributed by atoms with van der Waals surface area (Å²) in [5, 5.41) is 4.10. The summed E-state index contributed by atoms with van der Waals surface area (Å²) in [6.07, 6.45) is 1.70. The highest BCUT2D eigenvalue weighted by atomic mass is 35.5. The van der Waals surface area contributed by atoms with Crippen LogP contribution in [0.3, 0.4) is 0 Å². The van der Waals surface area contributed by atoms with Crippen LogP contribution in [-0.2, 0) is 13.1 Å². The third-order valence-electron chi connectivity index (χ3n) is 3.28. The molecule has 0 aliphatic carbocycles. The molecule has 0 bridgehead atoms. The maximum absolute atomic E-state index is 6.36. The number of hydrogen-bond acceptors (Lipinski definition) is 3. The molecule has 0 saturated carbocycles. The predicted octanol–water partition coefficient (Wildman–Crippen LogP) is 4.07. The van der Waals surface area contributed by atoms with Crippen molar-refractivity contribution < 1.29 is 4.42 Å². The second-order valence-corrected chi connectivity index (χ2v) is 5.06. The van der Waals surface area contributed by atoms with Crippen molar-refractivity contribution in [3.8, 4) is 0 Å². The van der Waals surface area contributed by atoms with Gasteiger partial charge in [-0.15, -0.1) is 0 Å². The van der Waals surface area contributed by atoms with Gasteiger partial charge in [0.1, 0.15) is 5.76 Å². The molecule has 4 heteroatoms. The minimum absolute atomic E-state index is 0.756. The SMILES string of the molecule is CCNCc1ccc(N(CC)Cc2ccco2)cc1Cl. The third kappa shape index (κ3) is 3.78. The van der Waals surface area contributed by atoms with E-state index in [1.54, 1.807) is 6.26 Å². The van der Waals surface area contributed by atoms with Crippen LogP contribution in [0.4, 0.5) is 5.69 Å². The zero-order valence-corrected chi connectivity index (χ0v) is 12.8. The van der Waals surface area contributed by atoms with E-state index >= 15 is 0 Å². The summed E-state index contributed by atoms with van der Waals surface area (Å²) in [5.74, 6) is 0.958. The van der Waals surface area contributed by atoms with Gasteiger partial charge < -0.3 is 14.6 Å². The lowest BCUT2D eigenvalue weighted by molar-refractivity contribution is 0.503. The van der Waals surface area contributed by atoms with Crippen LogP contribution < -0.4 is 10.2 Å². The quantitative estimate of drug-likeness (QED) is 0.834. The van der Waals surface area contributed by atoms with Gasteiger partial charge in [-0.2, -0.15) is 0 Å². The van der Waals surface area contributed by atoms with E-state index in [0.717, 1.165) is 48.2 Å². The van der Waals surface area contributed by atoms with Crippen molar-refractivity contribution >= 4 is 17.3 Å². The van der Waals surface area contributed by atoms with Crippen molar-refractivity contribution in [3.05, 3.63) is 52.9 Å². The Morgan fingerprint density at radius 1 is 1.25 bits per heavy atom. The first-order valence-electron chi connectivity index (χ1n) is 7.01. The minimum Gasteiger partial charge on any atom is -0.467 e. The highest BCUT2D eigenvalue weighted by molar-refractivity contribution is 6.31. The summed E-state index contributed by atoms with van der Waals surface area (Å²) in [6, 6.07) is 10.1. The van der Waals surface area contributed by atoms with E-state index in [2.05, 4.69) is 36.2 Å². The number of halogens is 1. The lowest BCUT2D eigenvalue weighted by Crippen LogP contribution is -2.21. The topological polar surface area (TPSA) is 28.4 Å². The molecule has 0 atom stereocenters. The standard InChI is InChI=1S/C16H21ClN2O/c1-3-18-11-13-7-8-14(10-16(13)17)19(4-2)12-15-6-5-9-20-15/h5-10,18H,3-4,11-12H2,1-2H3. The molecule has 0 unspecified atom stereocenters. The first kappa shape index (κ1) is 14.9. The average molecular weight is 293 g/mol. The zero-order valence-electron chi connectivity index (χ0n) is 12.0. The van der Waals surface area contributed by atoms with Gasteiger partial charge in [-0.05, 0) is 43.3 Å². The normalized spacial score (nSPS) is 10.8. The smallest absolute Gasteiger partial charge is 0.123 e. The fourth-order valence-corrected chi connectivity index (χ4v) is 2.35. The molecule has 2 rings (SSSR count). The number of anilines is 1. The second-order valence-electron chi connectivity index (χ2n) is 4.65. The van der Waals surface area contributed by atoms with Gasteiger partial charge in [0.25, 0.3) is 0 Å². The lowest BCUT2D eigenvalue weighted by Gasteiger charge is -2.22. The number of hydrogen-bond donors (Lipinski definition) is 1. The van der Waals surface area contributed by atoms with Crippen LogP contribution in [0.15, 0.2) is 41.0 Å². The van der Waals surface area contributed by atoms with Gasteiger partial charge in [0.05, 0.1) is 12.8 Å². The van der Waals surface area contributed by atoms with Crippen LogP contribution in [0.5, 0.6) is 0 Å². The molecule has 2 aromatic rings. The van der Waals surface area contributed by atoms with E-state index in [-0.39, 0.29) is 0 Å². The molecule has 0 aliphatic rings. The number of nitrogens with one attached hydrogen (secondary N) is 1. The molecule has 0 spiro atoms. The van der Waals surface area contributed by atoms with Crippen LogP contribution in [0.25, 0.3) is 0 Å². The molecule has 1 N–H and O–H groups in total. The molecule has 0 fully saturated rings. The molecule has 1 aromatic heterocycles. The van der Waals surface area contributed by atoms with Crippen molar-refractivity contribution in [2.45, 2.75) is 26.9 Å². The van der Waals surface area contributed by atoms with E-state index < -0.39 is 0 Å². The molecule has 0 radical (unpaired) electrons. The van der Waals surface area contributed by atoms with E-state index in [1.165, 1.54) is 0 Å². The van der Waals surface area contributed by atoms with Gasteiger partial charge in [0, 0.05) is 23.8 Å². The number of furan rings is 1. The van der Waals surface area contributed by atoms with Crippen molar-refractivity contribution in [2.24, 2.45) is 0 Å². The maximum Gasteiger partial charge on any atom is 0.123 e. The number of benzene rings is 1. The maximum atomic E-state index is 6.36. The molecule has 108 valence electrons. The Morgan fingerprint density at radius 2 is 2.10 bits per heavy atom. The van der Waals surface area contributed by atoms with Crippen LogP contribution >= 0.6 is 11.6 Å². The summed E-state index contributed by atoms with van der Waals surface area (Å²) < 4.78 is 5.41. The molecule has 0 saturated heterocycles. The summed E-state index contributed by atoms with van der Waals surface area (Å²) in [6.45, 7) is 7.63. The summed E-state index contributed by atoms with van der Waals surface area (Å²) in [4.78, 5) is 2.24. The zero-order chi connectivity index (χ0) is 14.4. The Hall–Kier alpha value is -1.45. The van der Waals surface area contributed by atoms with Crippen molar-refractivity contribution in [2.75, 3.05) is 18.0 Å². The molecular weight excluding hydrogens is 272 g/mol. The Labute approximate surface area is 125 Å². The largest absolute Gasteiger partial charge is 0.467 e.